The van der Waals surface area contributed by atoms with Crippen LogP contribution in [0.25, 0.3) is 11.6 Å². The summed E-state index contributed by atoms with van der Waals surface area (Å²) in [6, 6.07) is 14.9. The van der Waals surface area contributed by atoms with E-state index in [1.807, 2.05) is 49.4 Å². The van der Waals surface area contributed by atoms with Gasteiger partial charge in [-0.05, 0) is 30.7 Å². The lowest BCUT2D eigenvalue weighted by Gasteiger charge is -2.08. The summed E-state index contributed by atoms with van der Waals surface area (Å²) < 4.78 is 0.998. The lowest BCUT2D eigenvalue weighted by Crippen LogP contribution is -2.25. The molecule has 7 nitrogen and oxygen atoms in total. The molecule has 2 aromatic carbocycles. The Morgan fingerprint density at radius 2 is 1.96 bits per heavy atom. The van der Waals surface area contributed by atoms with Gasteiger partial charge in [-0.3, -0.25) is 14.4 Å². The van der Waals surface area contributed by atoms with Crippen LogP contribution in [-0.2, 0) is 11.3 Å². The summed E-state index contributed by atoms with van der Waals surface area (Å²) in [4.78, 5) is 31.5. The minimum atomic E-state index is -0.562. The Hall–Kier alpha value is -3.87. The summed E-state index contributed by atoms with van der Waals surface area (Å²) in [6.45, 7) is 1.57. The SMILES string of the molecule is Cc1ccccc1NC(=O)Cn1c(O)c(/C=C2/C=Nc3ccccc32)[nH]c1=O. The first-order chi connectivity index (χ1) is 13.5. The van der Waals surface area contributed by atoms with Gasteiger partial charge in [-0.25, -0.2) is 4.79 Å². The van der Waals surface area contributed by atoms with Crippen LogP contribution < -0.4 is 11.0 Å². The van der Waals surface area contributed by atoms with Gasteiger partial charge in [-0.1, -0.05) is 36.4 Å². The van der Waals surface area contributed by atoms with Crippen LogP contribution in [0, 0.1) is 6.92 Å². The number of aromatic nitrogens is 2. The highest BCUT2D eigenvalue weighted by molar-refractivity contribution is 6.21. The molecule has 0 spiro atoms. The van der Waals surface area contributed by atoms with E-state index in [-0.39, 0.29) is 18.1 Å². The highest BCUT2D eigenvalue weighted by Crippen LogP contribution is 2.32. The summed E-state index contributed by atoms with van der Waals surface area (Å²) in [5.41, 5.74) is 3.74. The predicted octanol–water partition coefficient (Wildman–Crippen LogP) is 3.09. The fourth-order valence-electron chi connectivity index (χ4n) is 3.08. The standard InChI is InChI=1S/C21H18N4O3/c1-13-6-2-4-8-16(13)23-19(26)12-25-20(27)18(24-21(25)28)10-14-11-22-17-9-5-3-7-15(14)17/h2-11,27H,12H2,1H3,(H,23,26)(H,24,28)/b14-10-. The van der Waals surface area contributed by atoms with Crippen LogP contribution in [0.5, 0.6) is 5.88 Å². The maximum Gasteiger partial charge on any atom is 0.329 e. The average Bonchev–Trinajstić information content (AvgIpc) is 3.20. The number of nitrogens with one attached hydrogen (secondary N) is 2. The fourth-order valence-corrected chi connectivity index (χ4v) is 3.08. The summed E-state index contributed by atoms with van der Waals surface area (Å²) >= 11 is 0. The molecule has 28 heavy (non-hydrogen) atoms. The van der Waals surface area contributed by atoms with E-state index < -0.39 is 11.6 Å². The number of anilines is 1. The third-order valence-electron chi connectivity index (χ3n) is 4.56. The number of allylic oxidation sites excluding steroid dienone is 1. The zero-order chi connectivity index (χ0) is 19.7. The van der Waals surface area contributed by atoms with Gasteiger partial charge in [0.2, 0.25) is 11.8 Å². The number of fused-ring (bicyclic) bond motifs is 1. The number of H-pyrrole nitrogens is 1. The molecule has 7 heteroatoms. The van der Waals surface area contributed by atoms with Gasteiger partial charge in [-0.2, -0.15) is 0 Å². The summed E-state index contributed by atoms with van der Waals surface area (Å²) in [6.07, 6.45) is 3.31. The number of aryl methyl sites for hydroxylation is 1. The van der Waals surface area contributed by atoms with Crippen molar-refractivity contribution in [3.05, 3.63) is 75.8 Å². The Bertz CT molecular complexity index is 1180. The topological polar surface area (TPSA) is 99.5 Å². The number of carbonyl (C=O) groups excluding carboxylic acids is 1. The number of hydrogen-bond donors (Lipinski definition) is 3. The summed E-state index contributed by atoms with van der Waals surface area (Å²) in [5, 5.41) is 13.2. The first kappa shape index (κ1) is 17.5. The molecule has 3 N–H and O–H groups in total. The molecule has 1 aliphatic heterocycles. The number of para-hydroxylation sites is 2. The first-order valence-electron chi connectivity index (χ1n) is 8.75. The minimum Gasteiger partial charge on any atom is -0.493 e. The Morgan fingerprint density at radius 1 is 1.21 bits per heavy atom. The van der Waals surface area contributed by atoms with E-state index in [9.17, 15) is 14.7 Å². The number of nitrogens with zero attached hydrogens (tertiary/aromatic N) is 2. The zero-order valence-electron chi connectivity index (χ0n) is 15.1. The predicted molar refractivity (Wildman–Crippen MR) is 109 cm³/mol. The van der Waals surface area contributed by atoms with Crippen molar-refractivity contribution in [3.63, 3.8) is 0 Å². The van der Waals surface area contributed by atoms with E-state index in [2.05, 4.69) is 15.3 Å². The molecule has 1 amide bonds. The monoisotopic (exact) mass is 374 g/mol. The van der Waals surface area contributed by atoms with Crippen LogP contribution in [0.2, 0.25) is 0 Å². The summed E-state index contributed by atoms with van der Waals surface area (Å²) in [7, 11) is 0. The van der Waals surface area contributed by atoms with E-state index in [4.69, 9.17) is 0 Å². The number of amides is 1. The van der Waals surface area contributed by atoms with Crippen LogP contribution in [0.4, 0.5) is 11.4 Å². The van der Waals surface area contributed by atoms with Gasteiger partial charge >= 0.3 is 5.69 Å². The van der Waals surface area contributed by atoms with Crippen molar-refractivity contribution in [2.45, 2.75) is 13.5 Å². The fraction of sp³-hybridized carbons (Fsp3) is 0.0952. The Kier molecular flexibility index (Phi) is 4.41. The van der Waals surface area contributed by atoms with Crippen molar-refractivity contribution in [2.75, 3.05) is 5.32 Å². The molecular formula is C21H18N4O3. The number of rotatable bonds is 4. The molecule has 4 rings (SSSR count). The van der Waals surface area contributed by atoms with Crippen LogP contribution in [0.15, 0.2) is 58.3 Å². The number of imidazole rings is 1. The van der Waals surface area contributed by atoms with Crippen molar-refractivity contribution in [2.24, 2.45) is 4.99 Å². The third-order valence-corrected chi connectivity index (χ3v) is 4.56. The highest BCUT2D eigenvalue weighted by atomic mass is 16.3. The van der Waals surface area contributed by atoms with Gasteiger partial charge in [0.15, 0.2) is 0 Å². The van der Waals surface area contributed by atoms with Crippen molar-refractivity contribution in [1.29, 1.82) is 0 Å². The maximum atomic E-state index is 12.3. The minimum absolute atomic E-state index is 0.229. The van der Waals surface area contributed by atoms with Crippen molar-refractivity contribution in [1.82, 2.24) is 9.55 Å². The van der Waals surface area contributed by atoms with Gasteiger partial charge in [0.1, 0.15) is 12.2 Å². The van der Waals surface area contributed by atoms with Crippen molar-refractivity contribution >= 4 is 35.1 Å². The van der Waals surface area contributed by atoms with Gasteiger partial charge in [0.05, 0.1) is 5.69 Å². The van der Waals surface area contributed by atoms with Crippen molar-refractivity contribution < 1.29 is 9.90 Å². The van der Waals surface area contributed by atoms with Gasteiger partial charge < -0.3 is 15.4 Å². The Morgan fingerprint density at radius 3 is 2.79 bits per heavy atom. The second kappa shape index (κ2) is 7.03. The molecule has 0 aliphatic carbocycles. The Labute approximate surface area is 160 Å². The van der Waals surface area contributed by atoms with Gasteiger partial charge in [0.25, 0.3) is 0 Å². The molecule has 0 radical (unpaired) electrons. The van der Waals surface area contributed by atoms with Gasteiger partial charge in [-0.15, -0.1) is 0 Å². The molecular weight excluding hydrogens is 356 g/mol. The molecule has 3 aromatic rings. The number of aromatic hydroxyl groups is 1. The first-order valence-corrected chi connectivity index (χ1v) is 8.75. The lowest BCUT2D eigenvalue weighted by molar-refractivity contribution is -0.116. The normalized spacial score (nSPS) is 13.7. The molecule has 140 valence electrons. The number of carbonyl (C=O) groups is 1. The third kappa shape index (κ3) is 3.25. The lowest BCUT2D eigenvalue weighted by atomic mass is 10.1. The van der Waals surface area contributed by atoms with Crippen LogP contribution >= 0.6 is 0 Å². The Balaban J connectivity index is 1.58. The molecule has 0 unspecified atom stereocenters. The molecule has 0 bridgehead atoms. The number of aromatic amines is 1. The van der Waals surface area contributed by atoms with Crippen LogP contribution in [0.3, 0.4) is 0 Å². The molecule has 0 saturated heterocycles. The number of aliphatic imine (C=N–C) groups is 1. The van der Waals surface area contributed by atoms with E-state index in [0.29, 0.717) is 5.69 Å². The number of hydrogen-bond acceptors (Lipinski definition) is 4. The molecule has 0 fully saturated rings. The zero-order valence-corrected chi connectivity index (χ0v) is 15.1. The molecule has 0 saturated carbocycles. The molecule has 1 aromatic heterocycles. The van der Waals surface area contributed by atoms with E-state index in [0.717, 1.165) is 27.0 Å². The van der Waals surface area contributed by atoms with E-state index in [1.165, 1.54) is 0 Å². The quantitative estimate of drug-likeness (QED) is 0.654. The van der Waals surface area contributed by atoms with Crippen LogP contribution in [0.1, 0.15) is 16.8 Å². The van der Waals surface area contributed by atoms with Gasteiger partial charge in [0, 0.05) is 23.0 Å². The summed E-state index contributed by atoms with van der Waals surface area (Å²) in [5.74, 6) is -0.701. The maximum absolute atomic E-state index is 12.3. The van der Waals surface area contributed by atoms with E-state index >= 15 is 0 Å². The molecule has 0 atom stereocenters. The molecule has 1 aliphatic rings. The largest absolute Gasteiger partial charge is 0.493 e. The number of benzene rings is 2. The average molecular weight is 374 g/mol. The van der Waals surface area contributed by atoms with E-state index in [1.54, 1.807) is 18.4 Å². The smallest absolute Gasteiger partial charge is 0.329 e. The second-order valence-electron chi connectivity index (χ2n) is 6.49. The molecule has 2 heterocycles. The highest BCUT2D eigenvalue weighted by Gasteiger charge is 2.17. The second-order valence-corrected chi connectivity index (χ2v) is 6.49. The van der Waals surface area contributed by atoms with Crippen LogP contribution in [-0.4, -0.2) is 26.8 Å². The van der Waals surface area contributed by atoms with Crippen molar-refractivity contribution in [3.8, 4) is 5.88 Å².